The lowest BCUT2D eigenvalue weighted by Crippen LogP contribution is -2.62. The summed E-state index contributed by atoms with van der Waals surface area (Å²) >= 11 is 0. The molecule has 0 aliphatic carbocycles. The number of nitrogens with zero attached hydrogens (tertiary/aromatic N) is 5. The highest BCUT2D eigenvalue weighted by molar-refractivity contribution is 7.00. The summed E-state index contributed by atoms with van der Waals surface area (Å²) in [5.74, 6) is 0. The van der Waals surface area contributed by atoms with Crippen molar-refractivity contribution in [1.29, 1.82) is 0 Å². The van der Waals surface area contributed by atoms with Crippen molar-refractivity contribution in [1.82, 2.24) is 0 Å². The van der Waals surface area contributed by atoms with Crippen molar-refractivity contribution in [3.05, 3.63) is 327 Å². The van der Waals surface area contributed by atoms with Gasteiger partial charge in [0.25, 0.3) is 6.71 Å². The molecule has 0 bridgehead atoms. The molecule has 0 unspecified atom stereocenters. The highest BCUT2D eigenvalue weighted by Gasteiger charge is 2.49. The Kier molecular flexibility index (Phi) is 13.3. The minimum Gasteiger partial charge on any atom is -0.371 e. The molecule has 0 aromatic heterocycles. The molecule has 0 saturated heterocycles. The Hall–Kier alpha value is -11.1. The highest BCUT2D eigenvalue weighted by atomic mass is 15.2. The molecule has 0 spiro atoms. The molecule has 0 amide bonds. The Bertz CT molecular complexity index is 4290. The predicted molar refractivity (Wildman–Crippen MR) is 380 cm³/mol. The van der Waals surface area contributed by atoms with E-state index in [1.54, 1.807) is 0 Å². The molecular formula is C84H64BN5. The molecule has 90 heavy (non-hydrogen) atoms. The quantitative estimate of drug-likeness (QED) is 0.113. The molecule has 0 N–H and O–H groups in total. The van der Waals surface area contributed by atoms with E-state index >= 15 is 0 Å². The van der Waals surface area contributed by atoms with Crippen molar-refractivity contribution in [2.75, 3.05) is 37.6 Å². The smallest absolute Gasteiger partial charge is 0.252 e. The zero-order valence-corrected chi connectivity index (χ0v) is 50.1. The van der Waals surface area contributed by atoms with E-state index in [0.717, 1.165) is 72.9 Å². The number of benzene rings is 13. The average Bonchev–Trinajstić information content (AvgIpc) is 0.678. The van der Waals surface area contributed by atoms with E-state index in [0.29, 0.717) is 0 Å². The SMILES string of the molecule is c1ccc(-c2cccc(-c3ccccc3)c2N2c3cc(N(c4ccccc4)c4ccccc4)ccc3B3c4ccc(N(c5ccccc5)c5ccccc5)cc4N(c4c(-c5ccccc5)cccc4-c4ccccc4)c4c5c6c(c2c43)CCCN6CCC5)cc1. The molecule has 0 atom stereocenters. The van der Waals surface area contributed by atoms with Crippen LogP contribution in [0.5, 0.6) is 0 Å². The van der Waals surface area contributed by atoms with Crippen LogP contribution in [0.4, 0.5) is 73.9 Å². The maximum atomic E-state index is 2.78. The topological polar surface area (TPSA) is 16.2 Å². The Labute approximate surface area is 528 Å². The van der Waals surface area contributed by atoms with Crippen LogP contribution in [-0.2, 0) is 12.8 Å². The summed E-state index contributed by atoms with van der Waals surface area (Å²) in [5.41, 5.74) is 31.5. The fourth-order valence-electron chi connectivity index (χ4n) is 15.3. The van der Waals surface area contributed by atoms with Gasteiger partial charge in [-0.1, -0.05) is 243 Å². The van der Waals surface area contributed by atoms with Crippen LogP contribution in [0.25, 0.3) is 44.5 Å². The summed E-state index contributed by atoms with van der Waals surface area (Å²) in [6, 6.07) is 117. The first kappa shape index (κ1) is 53.2. The van der Waals surface area contributed by atoms with E-state index in [1.165, 1.54) is 112 Å². The fraction of sp³-hybridized carbons (Fsp3) is 0.0714. The van der Waals surface area contributed by atoms with E-state index in [9.17, 15) is 0 Å². The van der Waals surface area contributed by atoms with Gasteiger partial charge < -0.3 is 24.5 Å². The first-order valence-corrected chi connectivity index (χ1v) is 31.9. The summed E-state index contributed by atoms with van der Waals surface area (Å²) in [5, 5.41) is 0. The molecular weight excluding hydrogens is 1090 g/mol. The molecule has 0 fully saturated rings. The summed E-state index contributed by atoms with van der Waals surface area (Å²) in [4.78, 5) is 13.2. The lowest BCUT2D eigenvalue weighted by molar-refractivity contribution is 0.635. The van der Waals surface area contributed by atoms with Crippen LogP contribution in [-0.4, -0.2) is 19.8 Å². The number of hydrogen-bond acceptors (Lipinski definition) is 5. The van der Waals surface area contributed by atoms with E-state index in [2.05, 4.69) is 340 Å². The number of rotatable bonds is 12. The normalized spacial score (nSPS) is 13.4. The van der Waals surface area contributed by atoms with Crippen LogP contribution in [0.3, 0.4) is 0 Å². The second-order valence-corrected chi connectivity index (χ2v) is 24.1. The monoisotopic (exact) mass is 1150 g/mol. The number of fused-ring (bicyclic) bond motifs is 6. The lowest BCUT2D eigenvalue weighted by Gasteiger charge is -2.50. The third-order valence-electron chi connectivity index (χ3n) is 19.0. The van der Waals surface area contributed by atoms with Gasteiger partial charge in [-0.05, 0) is 148 Å². The van der Waals surface area contributed by atoms with E-state index in [4.69, 9.17) is 0 Å². The Morgan fingerprint density at radius 2 is 0.567 bits per heavy atom. The third-order valence-corrected chi connectivity index (χ3v) is 19.0. The maximum absolute atomic E-state index is 2.78. The van der Waals surface area contributed by atoms with Gasteiger partial charge in [0, 0.05) is 97.9 Å². The van der Waals surface area contributed by atoms with Gasteiger partial charge in [-0.25, -0.2) is 0 Å². The molecule has 428 valence electrons. The fourth-order valence-corrected chi connectivity index (χ4v) is 15.3. The van der Waals surface area contributed by atoms with Gasteiger partial charge in [0.2, 0.25) is 0 Å². The summed E-state index contributed by atoms with van der Waals surface area (Å²) in [6.07, 6.45) is 4.05. The molecule has 6 heteroatoms. The van der Waals surface area contributed by atoms with Crippen LogP contribution in [0, 0.1) is 0 Å². The lowest BCUT2D eigenvalue weighted by atomic mass is 9.33. The van der Waals surface area contributed by atoms with Crippen molar-refractivity contribution in [2.24, 2.45) is 0 Å². The minimum atomic E-state index is -0.175. The zero-order chi connectivity index (χ0) is 59.5. The van der Waals surface area contributed by atoms with Crippen LogP contribution in [0.15, 0.2) is 315 Å². The van der Waals surface area contributed by atoms with Crippen LogP contribution in [0.2, 0.25) is 0 Å². The Morgan fingerprint density at radius 1 is 0.267 bits per heavy atom. The first-order valence-electron chi connectivity index (χ1n) is 31.9. The van der Waals surface area contributed by atoms with E-state index in [-0.39, 0.29) is 6.71 Å². The second kappa shape index (κ2) is 22.6. The van der Waals surface area contributed by atoms with Gasteiger partial charge in [0.15, 0.2) is 0 Å². The molecule has 13 aromatic rings. The van der Waals surface area contributed by atoms with Gasteiger partial charge in [0.1, 0.15) is 0 Å². The van der Waals surface area contributed by atoms with Crippen molar-refractivity contribution in [3.63, 3.8) is 0 Å². The zero-order valence-electron chi connectivity index (χ0n) is 50.1. The first-order chi connectivity index (χ1) is 44.7. The Morgan fingerprint density at radius 3 is 0.878 bits per heavy atom. The van der Waals surface area contributed by atoms with Gasteiger partial charge >= 0.3 is 0 Å². The maximum Gasteiger partial charge on any atom is 0.252 e. The van der Waals surface area contributed by atoms with Gasteiger partial charge in [0.05, 0.1) is 11.4 Å². The van der Waals surface area contributed by atoms with Crippen molar-refractivity contribution in [3.8, 4) is 44.5 Å². The molecule has 17 rings (SSSR count). The molecule has 13 aromatic carbocycles. The van der Waals surface area contributed by atoms with Crippen molar-refractivity contribution < 1.29 is 0 Å². The second-order valence-electron chi connectivity index (χ2n) is 24.1. The standard InChI is InChI=1S/C84H64BN5/c1-9-29-59(30-10-1)69-45-25-46-70(60-31-11-2-12-32-60)81(69)89-77-57-67(87(63-37-17-5-18-38-63)64-39-19-6-20-40-64)51-53-75(77)85-76-54-52-68(88(65-41-21-7-22-42-65)66-43-23-8-24-44-66)58-78(76)90(84-74-50-28-56-86-55-27-49-73(80(74)86)83(89)79(84)85)82-71(61-33-13-3-14-34-61)47-26-48-72(82)62-35-15-4-16-36-62/h1-26,29-48,51-54,57-58H,27-28,49-50,55-56H2. The van der Waals surface area contributed by atoms with Gasteiger partial charge in [-0.15, -0.1) is 0 Å². The molecule has 4 aliphatic heterocycles. The van der Waals surface area contributed by atoms with E-state index < -0.39 is 0 Å². The summed E-state index contributed by atoms with van der Waals surface area (Å²) in [6.45, 7) is 1.86. The summed E-state index contributed by atoms with van der Waals surface area (Å²) < 4.78 is 0. The minimum absolute atomic E-state index is 0.175. The average molecular weight is 1150 g/mol. The van der Waals surface area contributed by atoms with Crippen molar-refractivity contribution in [2.45, 2.75) is 25.7 Å². The molecule has 4 heterocycles. The van der Waals surface area contributed by atoms with Crippen LogP contribution in [0.1, 0.15) is 24.0 Å². The van der Waals surface area contributed by atoms with Gasteiger partial charge in [-0.3, -0.25) is 0 Å². The highest BCUT2D eigenvalue weighted by Crippen LogP contribution is 2.58. The molecule has 4 aliphatic rings. The van der Waals surface area contributed by atoms with Gasteiger partial charge in [-0.2, -0.15) is 0 Å². The van der Waals surface area contributed by atoms with Crippen molar-refractivity contribution >= 4 is 97.0 Å². The number of anilines is 13. The Balaban J connectivity index is 1.06. The predicted octanol–water partition coefficient (Wildman–Crippen LogP) is 20.1. The number of hydrogen-bond donors (Lipinski definition) is 0. The third kappa shape index (κ3) is 8.92. The summed E-state index contributed by atoms with van der Waals surface area (Å²) in [7, 11) is 0. The largest absolute Gasteiger partial charge is 0.371 e. The van der Waals surface area contributed by atoms with E-state index in [1.807, 2.05) is 0 Å². The van der Waals surface area contributed by atoms with Crippen LogP contribution >= 0.6 is 0 Å². The van der Waals surface area contributed by atoms with Crippen LogP contribution < -0.4 is 40.9 Å². The number of para-hydroxylation sites is 6. The molecule has 0 saturated carbocycles. The molecule has 0 radical (unpaired) electrons. The molecule has 5 nitrogen and oxygen atoms in total.